The fraction of sp³-hybridized carbons (Fsp3) is 0.133. The van der Waals surface area contributed by atoms with Gasteiger partial charge >= 0.3 is 0 Å². The normalized spacial score (nSPS) is 10.1. The van der Waals surface area contributed by atoms with E-state index in [4.69, 9.17) is 10.5 Å². The van der Waals surface area contributed by atoms with E-state index in [-0.39, 0.29) is 12.5 Å². The summed E-state index contributed by atoms with van der Waals surface area (Å²) >= 11 is 3.36. The minimum absolute atomic E-state index is 0.0278. The zero-order valence-corrected chi connectivity index (χ0v) is 12.4. The Kier molecular flexibility index (Phi) is 5.01. The number of nitrogens with one attached hydrogen (secondary N) is 1. The van der Waals surface area contributed by atoms with Crippen molar-refractivity contribution in [1.29, 1.82) is 0 Å². The second-order valence-corrected chi connectivity index (χ2v) is 5.18. The molecule has 104 valence electrons. The van der Waals surface area contributed by atoms with Gasteiger partial charge < -0.3 is 15.8 Å². The minimum Gasteiger partial charge on any atom is -0.484 e. The van der Waals surface area contributed by atoms with E-state index in [2.05, 4.69) is 21.2 Å². The molecule has 0 radical (unpaired) electrons. The fourth-order valence-corrected chi connectivity index (χ4v) is 1.87. The number of hydrogen-bond donors (Lipinski definition) is 2. The molecular formula is C15H15BrN2O2. The summed E-state index contributed by atoms with van der Waals surface area (Å²) in [6, 6.07) is 14.8. The van der Waals surface area contributed by atoms with Gasteiger partial charge in [-0.15, -0.1) is 0 Å². The van der Waals surface area contributed by atoms with Crippen LogP contribution in [0.3, 0.4) is 0 Å². The third kappa shape index (κ3) is 4.59. The summed E-state index contributed by atoms with van der Waals surface area (Å²) < 4.78 is 6.37. The third-order valence-electron chi connectivity index (χ3n) is 2.63. The first-order valence-corrected chi connectivity index (χ1v) is 6.92. The van der Waals surface area contributed by atoms with Gasteiger partial charge in [0.15, 0.2) is 6.61 Å². The number of nitrogens with two attached hydrogens (primary N) is 1. The highest BCUT2D eigenvalue weighted by molar-refractivity contribution is 9.10. The van der Waals surface area contributed by atoms with Gasteiger partial charge in [0.2, 0.25) is 0 Å². The lowest BCUT2D eigenvalue weighted by molar-refractivity contribution is -0.123. The van der Waals surface area contributed by atoms with E-state index in [1.165, 1.54) is 0 Å². The maximum absolute atomic E-state index is 11.7. The molecule has 2 aromatic carbocycles. The topological polar surface area (TPSA) is 64.3 Å². The van der Waals surface area contributed by atoms with Crippen LogP contribution in [-0.2, 0) is 11.3 Å². The van der Waals surface area contributed by atoms with Crippen LogP contribution in [0.2, 0.25) is 0 Å². The summed E-state index contributed by atoms with van der Waals surface area (Å²) in [4.78, 5) is 11.7. The zero-order valence-electron chi connectivity index (χ0n) is 10.8. The average Bonchev–Trinajstić information content (AvgIpc) is 2.45. The van der Waals surface area contributed by atoms with Crippen molar-refractivity contribution in [1.82, 2.24) is 5.32 Å². The average molecular weight is 335 g/mol. The second-order valence-electron chi connectivity index (χ2n) is 4.26. The van der Waals surface area contributed by atoms with Crippen LogP contribution in [0, 0.1) is 0 Å². The van der Waals surface area contributed by atoms with Gasteiger partial charge in [0, 0.05) is 22.8 Å². The van der Waals surface area contributed by atoms with Gasteiger partial charge in [-0.1, -0.05) is 34.1 Å². The Hall–Kier alpha value is -2.01. The summed E-state index contributed by atoms with van der Waals surface area (Å²) in [6.07, 6.45) is 0. The Morgan fingerprint density at radius 3 is 2.65 bits per heavy atom. The van der Waals surface area contributed by atoms with Crippen molar-refractivity contribution in [3.05, 3.63) is 58.6 Å². The highest BCUT2D eigenvalue weighted by Gasteiger charge is 2.03. The molecule has 0 heterocycles. The molecule has 0 bridgehead atoms. The lowest BCUT2D eigenvalue weighted by Gasteiger charge is -2.08. The van der Waals surface area contributed by atoms with Crippen molar-refractivity contribution in [2.45, 2.75) is 6.54 Å². The maximum atomic E-state index is 11.7. The van der Waals surface area contributed by atoms with Crippen LogP contribution in [0.15, 0.2) is 53.0 Å². The molecule has 20 heavy (non-hydrogen) atoms. The van der Waals surface area contributed by atoms with E-state index in [1.807, 2.05) is 24.3 Å². The molecular weight excluding hydrogens is 320 g/mol. The third-order valence-corrected chi connectivity index (χ3v) is 3.16. The summed E-state index contributed by atoms with van der Waals surface area (Å²) in [6.45, 7) is 0.451. The Morgan fingerprint density at radius 1 is 1.20 bits per heavy atom. The monoisotopic (exact) mass is 334 g/mol. The number of nitrogen functional groups attached to an aromatic ring is 1. The Bertz CT molecular complexity index is 585. The van der Waals surface area contributed by atoms with Gasteiger partial charge in [-0.25, -0.2) is 0 Å². The zero-order chi connectivity index (χ0) is 14.4. The molecule has 2 rings (SSSR count). The molecule has 0 atom stereocenters. The van der Waals surface area contributed by atoms with E-state index in [9.17, 15) is 4.79 Å². The molecule has 5 heteroatoms. The number of benzene rings is 2. The smallest absolute Gasteiger partial charge is 0.258 e. The number of anilines is 1. The molecule has 4 nitrogen and oxygen atoms in total. The first-order valence-electron chi connectivity index (χ1n) is 6.13. The van der Waals surface area contributed by atoms with Crippen LogP contribution in [0.4, 0.5) is 5.69 Å². The number of rotatable bonds is 5. The van der Waals surface area contributed by atoms with Crippen molar-refractivity contribution >= 4 is 27.5 Å². The molecule has 2 aromatic rings. The van der Waals surface area contributed by atoms with Gasteiger partial charge in [-0.2, -0.15) is 0 Å². The first kappa shape index (κ1) is 14.4. The summed E-state index contributed by atoms with van der Waals surface area (Å²) in [5, 5.41) is 2.79. The fourth-order valence-electron chi connectivity index (χ4n) is 1.61. The number of ether oxygens (including phenoxy) is 1. The highest BCUT2D eigenvalue weighted by Crippen LogP contribution is 2.14. The molecule has 0 aliphatic carbocycles. The van der Waals surface area contributed by atoms with Crippen LogP contribution in [-0.4, -0.2) is 12.5 Å². The molecule has 3 N–H and O–H groups in total. The summed E-state index contributed by atoms with van der Waals surface area (Å²) in [5.41, 5.74) is 7.27. The Morgan fingerprint density at radius 2 is 1.95 bits per heavy atom. The number of carbonyl (C=O) groups excluding carboxylic acids is 1. The van der Waals surface area contributed by atoms with E-state index in [0.717, 1.165) is 10.0 Å². The maximum Gasteiger partial charge on any atom is 0.258 e. The molecule has 0 aliphatic rings. The molecule has 0 aromatic heterocycles. The molecule has 0 saturated heterocycles. The van der Waals surface area contributed by atoms with Gasteiger partial charge in [-0.05, 0) is 29.8 Å². The van der Waals surface area contributed by atoms with Crippen molar-refractivity contribution in [3.63, 3.8) is 0 Å². The predicted octanol–water partition coefficient (Wildman–Crippen LogP) is 2.73. The standard InChI is InChI=1S/C15H15BrN2O2/c16-12-6-4-11(5-7-12)9-18-15(19)10-20-14-3-1-2-13(17)8-14/h1-8H,9-10,17H2,(H,18,19). The van der Waals surface area contributed by atoms with E-state index >= 15 is 0 Å². The van der Waals surface area contributed by atoms with Crippen molar-refractivity contribution in [2.24, 2.45) is 0 Å². The van der Waals surface area contributed by atoms with Gasteiger partial charge in [0.1, 0.15) is 5.75 Å². The molecule has 0 saturated carbocycles. The van der Waals surface area contributed by atoms with Crippen LogP contribution >= 0.6 is 15.9 Å². The van der Waals surface area contributed by atoms with E-state index in [0.29, 0.717) is 18.0 Å². The summed E-state index contributed by atoms with van der Waals surface area (Å²) in [7, 11) is 0. The lowest BCUT2D eigenvalue weighted by Crippen LogP contribution is -2.28. The van der Waals surface area contributed by atoms with Crippen molar-refractivity contribution in [3.8, 4) is 5.75 Å². The van der Waals surface area contributed by atoms with Gasteiger partial charge in [0.05, 0.1) is 0 Å². The lowest BCUT2D eigenvalue weighted by atomic mass is 10.2. The van der Waals surface area contributed by atoms with Crippen LogP contribution in [0.25, 0.3) is 0 Å². The predicted molar refractivity (Wildman–Crippen MR) is 82.3 cm³/mol. The molecule has 1 amide bonds. The number of carbonyl (C=O) groups is 1. The number of hydrogen-bond acceptors (Lipinski definition) is 3. The molecule has 0 spiro atoms. The van der Waals surface area contributed by atoms with Gasteiger partial charge in [-0.3, -0.25) is 4.79 Å². The number of amides is 1. The van der Waals surface area contributed by atoms with Crippen LogP contribution in [0.1, 0.15) is 5.56 Å². The first-order chi connectivity index (χ1) is 9.63. The van der Waals surface area contributed by atoms with E-state index < -0.39 is 0 Å². The second kappa shape index (κ2) is 6.96. The van der Waals surface area contributed by atoms with Crippen molar-refractivity contribution < 1.29 is 9.53 Å². The molecule has 0 aliphatic heterocycles. The minimum atomic E-state index is -0.171. The number of halogens is 1. The van der Waals surface area contributed by atoms with Crippen LogP contribution in [0.5, 0.6) is 5.75 Å². The largest absolute Gasteiger partial charge is 0.484 e. The Balaban J connectivity index is 1.77. The molecule has 0 fully saturated rings. The van der Waals surface area contributed by atoms with Crippen LogP contribution < -0.4 is 15.8 Å². The SMILES string of the molecule is Nc1cccc(OCC(=O)NCc2ccc(Br)cc2)c1. The molecule has 0 unspecified atom stereocenters. The quantitative estimate of drug-likeness (QED) is 0.826. The highest BCUT2D eigenvalue weighted by atomic mass is 79.9. The van der Waals surface area contributed by atoms with Gasteiger partial charge in [0.25, 0.3) is 5.91 Å². The Labute approximate surface area is 126 Å². The van der Waals surface area contributed by atoms with Crippen molar-refractivity contribution in [2.75, 3.05) is 12.3 Å². The van der Waals surface area contributed by atoms with E-state index in [1.54, 1.807) is 24.3 Å². The summed E-state index contributed by atoms with van der Waals surface area (Å²) in [5.74, 6) is 0.416.